The molecule has 4 heteroatoms. The molecule has 1 amide bonds. The Morgan fingerprint density at radius 1 is 1.31 bits per heavy atom. The summed E-state index contributed by atoms with van der Waals surface area (Å²) >= 11 is 0. The van der Waals surface area contributed by atoms with E-state index in [1.54, 1.807) is 13.8 Å². The average molecular weight is 185 g/mol. The van der Waals surface area contributed by atoms with Gasteiger partial charge in [0.2, 0.25) is 0 Å². The van der Waals surface area contributed by atoms with E-state index >= 15 is 0 Å². The summed E-state index contributed by atoms with van der Waals surface area (Å²) in [5, 5.41) is 1.96. The van der Waals surface area contributed by atoms with Crippen molar-refractivity contribution < 1.29 is 4.79 Å². The minimum atomic E-state index is -0.780. The van der Waals surface area contributed by atoms with Gasteiger partial charge in [-0.2, -0.15) is 0 Å². The van der Waals surface area contributed by atoms with Crippen molar-refractivity contribution in [3.05, 3.63) is 0 Å². The predicted octanol–water partition coefficient (Wildman–Crippen LogP) is 0.241. The maximum atomic E-state index is 11.5. The maximum absolute atomic E-state index is 11.5. The summed E-state index contributed by atoms with van der Waals surface area (Å²) in [6.07, 6.45) is 3.58. The van der Waals surface area contributed by atoms with Gasteiger partial charge in [-0.25, -0.2) is 5.01 Å². The Morgan fingerprint density at radius 3 is 2.31 bits per heavy atom. The zero-order valence-electron chi connectivity index (χ0n) is 8.47. The molecule has 0 aromatic carbocycles. The summed E-state index contributed by atoms with van der Waals surface area (Å²) in [7, 11) is 0. The molecular weight excluding hydrogens is 166 g/mol. The van der Waals surface area contributed by atoms with Crippen molar-refractivity contribution in [1.29, 1.82) is 0 Å². The molecule has 0 radical (unpaired) electrons. The number of nitrogens with two attached hydrogens (primary N) is 1. The van der Waals surface area contributed by atoms with Crippen molar-refractivity contribution in [2.45, 2.75) is 38.6 Å². The predicted molar refractivity (Wildman–Crippen MR) is 51.8 cm³/mol. The molecule has 1 aliphatic heterocycles. The summed E-state index contributed by atoms with van der Waals surface area (Å²) in [6.45, 7) is 5.32. The van der Waals surface area contributed by atoms with E-state index in [9.17, 15) is 4.79 Å². The molecule has 0 spiro atoms. The topological polar surface area (TPSA) is 58.4 Å². The fourth-order valence-corrected chi connectivity index (χ4v) is 1.29. The Kier molecular flexibility index (Phi) is 3.27. The fourth-order valence-electron chi connectivity index (χ4n) is 1.29. The molecular formula is C9H19N3O. The van der Waals surface area contributed by atoms with Gasteiger partial charge in [0.1, 0.15) is 0 Å². The second-order valence-electron chi connectivity index (χ2n) is 4.21. The maximum Gasteiger partial charge on any atom is 0.253 e. The molecule has 0 aliphatic carbocycles. The van der Waals surface area contributed by atoms with Crippen molar-refractivity contribution in [3.8, 4) is 0 Å². The lowest BCUT2D eigenvalue weighted by Crippen LogP contribution is -2.55. The lowest BCUT2D eigenvalue weighted by Gasteiger charge is -2.29. The molecule has 13 heavy (non-hydrogen) atoms. The van der Waals surface area contributed by atoms with Gasteiger partial charge in [-0.15, -0.1) is 0 Å². The summed E-state index contributed by atoms with van der Waals surface area (Å²) in [6, 6.07) is 0. The molecule has 1 saturated heterocycles. The first kappa shape index (κ1) is 10.5. The molecule has 0 atom stereocenters. The van der Waals surface area contributed by atoms with Gasteiger partial charge < -0.3 is 5.73 Å². The number of carbonyl (C=O) groups excluding carboxylic acids is 1. The van der Waals surface area contributed by atoms with Crippen LogP contribution in [0.1, 0.15) is 33.1 Å². The van der Waals surface area contributed by atoms with E-state index in [0.717, 1.165) is 25.9 Å². The van der Waals surface area contributed by atoms with Gasteiger partial charge in [0.05, 0.1) is 5.54 Å². The molecule has 0 saturated carbocycles. The van der Waals surface area contributed by atoms with Crippen LogP contribution in [0.2, 0.25) is 0 Å². The standard InChI is InChI=1S/C9H19N3O/c1-9(2,10)8(13)11-12-6-4-3-5-7-12/h3-7,10H2,1-2H3,(H,11,13). The number of piperidine rings is 1. The van der Waals surface area contributed by atoms with Gasteiger partial charge >= 0.3 is 0 Å². The van der Waals surface area contributed by atoms with Crippen molar-refractivity contribution in [1.82, 2.24) is 10.4 Å². The van der Waals surface area contributed by atoms with Crippen LogP contribution in [-0.4, -0.2) is 29.5 Å². The van der Waals surface area contributed by atoms with Crippen molar-refractivity contribution in [3.63, 3.8) is 0 Å². The van der Waals surface area contributed by atoms with E-state index in [-0.39, 0.29) is 5.91 Å². The number of hydrogen-bond donors (Lipinski definition) is 2. The first-order chi connectivity index (χ1) is 6.00. The molecule has 4 nitrogen and oxygen atoms in total. The van der Waals surface area contributed by atoms with E-state index in [0.29, 0.717) is 0 Å². The number of hydrazine groups is 1. The van der Waals surface area contributed by atoms with Gasteiger partial charge in [-0.05, 0) is 26.7 Å². The summed E-state index contributed by atoms with van der Waals surface area (Å²) < 4.78 is 0. The highest BCUT2D eigenvalue weighted by Gasteiger charge is 2.24. The van der Waals surface area contributed by atoms with Gasteiger partial charge in [0.25, 0.3) is 5.91 Å². The molecule has 0 bridgehead atoms. The molecule has 1 heterocycles. The minimum absolute atomic E-state index is 0.102. The van der Waals surface area contributed by atoms with E-state index in [2.05, 4.69) is 5.43 Å². The number of carbonyl (C=O) groups is 1. The molecule has 1 fully saturated rings. The van der Waals surface area contributed by atoms with Crippen molar-refractivity contribution in [2.24, 2.45) is 5.73 Å². The summed E-state index contributed by atoms with van der Waals surface area (Å²) in [5.74, 6) is -0.102. The quantitative estimate of drug-likeness (QED) is 0.648. The van der Waals surface area contributed by atoms with E-state index in [1.807, 2.05) is 5.01 Å². The number of hydrogen-bond acceptors (Lipinski definition) is 3. The van der Waals surface area contributed by atoms with Crippen molar-refractivity contribution in [2.75, 3.05) is 13.1 Å². The first-order valence-electron chi connectivity index (χ1n) is 4.85. The average Bonchev–Trinajstić information content (AvgIpc) is 2.04. The van der Waals surface area contributed by atoms with Crippen LogP contribution in [0.25, 0.3) is 0 Å². The smallest absolute Gasteiger partial charge is 0.253 e. The van der Waals surface area contributed by atoms with E-state index in [1.165, 1.54) is 6.42 Å². The molecule has 0 aromatic heterocycles. The van der Waals surface area contributed by atoms with Gasteiger partial charge in [0, 0.05) is 13.1 Å². The number of nitrogens with zero attached hydrogens (tertiary/aromatic N) is 1. The summed E-state index contributed by atoms with van der Waals surface area (Å²) in [5.41, 5.74) is 7.71. The van der Waals surface area contributed by atoms with Crippen LogP contribution in [0, 0.1) is 0 Å². The highest BCUT2D eigenvalue weighted by atomic mass is 16.2. The van der Waals surface area contributed by atoms with E-state index in [4.69, 9.17) is 5.73 Å². The highest BCUT2D eigenvalue weighted by molar-refractivity contribution is 5.84. The third-order valence-electron chi connectivity index (χ3n) is 2.20. The van der Waals surface area contributed by atoms with Crippen LogP contribution in [0.5, 0.6) is 0 Å². The molecule has 0 unspecified atom stereocenters. The minimum Gasteiger partial charge on any atom is -0.318 e. The SMILES string of the molecule is CC(C)(N)C(=O)NN1CCCCC1. The fraction of sp³-hybridized carbons (Fsp3) is 0.889. The second-order valence-corrected chi connectivity index (χ2v) is 4.21. The number of rotatable bonds is 2. The summed E-state index contributed by atoms with van der Waals surface area (Å²) in [4.78, 5) is 11.5. The van der Waals surface area contributed by atoms with Crippen molar-refractivity contribution >= 4 is 5.91 Å². The van der Waals surface area contributed by atoms with Crippen LogP contribution >= 0.6 is 0 Å². The van der Waals surface area contributed by atoms with Crippen LogP contribution < -0.4 is 11.2 Å². The second kappa shape index (κ2) is 4.07. The third-order valence-corrected chi connectivity index (χ3v) is 2.20. The Bertz CT molecular complexity index is 180. The Balaban J connectivity index is 2.35. The van der Waals surface area contributed by atoms with E-state index < -0.39 is 5.54 Å². The zero-order chi connectivity index (χ0) is 9.90. The molecule has 1 rings (SSSR count). The Hall–Kier alpha value is -0.610. The monoisotopic (exact) mass is 185 g/mol. The molecule has 3 N–H and O–H groups in total. The van der Waals surface area contributed by atoms with Gasteiger partial charge in [-0.3, -0.25) is 10.2 Å². The highest BCUT2D eigenvalue weighted by Crippen LogP contribution is 2.06. The third kappa shape index (κ3) is 3.32. The van der Waals surface area contributed by atoms with Crippen LogP contribution in [-0.2, 0) is 4.79 Å². The lowest BCUT2D eigenvalue weighted by molar-refractivity contribution is -0.130. The Morgan fingerprint density at radius 2 is 1.85 bits per heavy atom. The van der Waals surface area contributed by atoms with Gasteiger partial charge in [-0.1, -0.05) is 6.42 Å². The number of nitrogens with one attached hydrogen (secondary N) is 1. The zero-order valence-corrected chi connectivity index (χ0v) is 8.47. The lowest BCUT2D eigenvalue weighted by atomic mass is 10.1. The largest absolute Gasteiger partial charge is 0.318 e. The van der Waals surface area contributed by atoms with Crippen LogP contribution in [0.15, 0.2) is 0 Å². The normalized spacial score (nSPS) is 19.9. The first-order valence-corrected chi connectivity index (χ1v) is 4.85. The molecule has 0 aromatic rings. The van der Waals surface area contributed by atoms with Crippen LogP contribution in [0.3, 0.4) is 0 Å². The van der Waals surface area contributed by atoms with Crippen LogP contribution in [0.4, 0.5) is 0 Å². The number of amides is 1. The Labute approximate surface area is 79.4 Å². The molecule has 1 aliphatic rings. The molecule has 76 valence electrons. The van der Waals surface area contributed by atoms with Gasteiger partial charge in [0.15, 0.2) is 0 Å².